The molecule has 1 amide bonds. The van der Waals surface area contributed by atoms with Crippen LogP contribution in [0.25, 0.3) is 6.08 Å². The Hall–Kier alpha value is -1.94. The summed E-state index contributed by atoms with van der Waals surface area (Å²) in [5.41, 5.74) is 3.18. The molecule has 1 aromatic carbocycles. The van der Waals surface area contributed by atoms with Gasteiger partial charge in [-0.1, -0.05) is 24.3 Å². The Morgan fingerprint density at radius 1 is 1.24 bits per heavy atom. The van der Waals surface area contributed by atoms with E-state index in [-0.39, 0.29) is 17.6 Å². The smallest absolute Gasteiger partial charge is 0.263 e. The van der Waals surface area contributed by atoms with Crippen molar-refractivity contribution in [2.45, 2.75) is 12.8 Å². The Morgan fingerprint density at radius 2 is 2.00 bits per heavy atom. The van der Waals surface area contributed by atoms with Crippen LogP contribution in [0.3, 0.4) is 0 Å². The number of hydrogen-bond donors (Lipinski definition) is 0. The van der Waals surface area contributed by atoms with Gasteiger partial charge >= 0.3 is 0 Å². The quantitative estimate of drug-likeness (QED) is 0.819. The number of carbonyl (C=O) groups excluding carboxylic acids is 1. The molecule has 4 heteroatoms. The van der Waals surface area contributed by atoms with E-state index >= 15 is 0 Å². The standard InChI is InChI=1S/C17H16FNOS/c1-10-4-5-11-12(6-7-13(11)15(10)18)14-8-9-21-16(14)17(20)19(2)3/h4-9,12H,1-3H3. The van der Waals surface area contributed by atoms with Gasteiger partial charge in [-0.05, 0) is 35.1 Å². The number of rotatable bonds is 2. The monoisotopic (exact) mass is 301 g/mol. The van der Waals surface area contributed by atoms with E-state index in [1.807, 2.05) is 29.7 Å². The van der Waals surface area contributed by atoms with Crippen LogP contribution in [0.5, 0.6) is 0 Å². The fraction of sp³-hybridized carbons (Fsp3) is 0.235. The van der Waals surface area contributed by atoms with Gasteiger partial charge in [0.05, 0.1) is 4.88 Å². The van der Waals surface area contributed by atoms with Crippen molar-refractivity contribution in [1.29, 1.82) is 0 Å². The van der Waals surface area contributed by atoms with Gasteiger partial charge in [0.2, 0.25) is 0 Å². The third-order valence-corrected chi connectivity index (χ3v) is 4.75. The van der Waals surface area contributed by atoms with E-state index in [1.165, 1.54) is 11.3 Å². The van der Waals surface area contributed by atoms with Crippen LogP contribution in [-0.4, -0.2) is 24.9 Å². The van der Waals surface area contributed by atoms with E-state index in [4.69, 9.17) is 0 Å². The average Bonchev–Trinajstić information content (AvgIpc) is 3.07. The molecular formula is C17H16FNOS. The molecule has 0 N–H and O–H groups in total. The van der Waals surface area contributed by atoms with Crippen LogP contribution in [-0.2, 0) is 0 Å². The average molecular weight is 301 g/mol. The van der Waals surface area contributed by atoms with Crippen LogP contribution in [0.2, 0.25) is 0 Å². The first kappa shape index (κ1) is 14.0. The van der Waals surface area contributed by atoms with Gasteiger partial charge in [0.1, 0.15) is 5.82 Å². The first-order chi connectivity index (χ1) is 10.0. The van der Waals surface area contributed by atoms with Crippen molar-refractivity contribution in [1.82, 2.24) is 4.90 Å². The Morgan fingerprint density at radius 3 is 2.71 bits per heavy atom. The molecule has 1 heterocycles. The number of nitrogens with zero attached hydrogens (tertiary/aromatic N) is 1. The number of carbonyl (C=O) groups is 1. The Labute approximate surface area is 127 Å². The van der Waals surface area contributed by atoms with Crippen molar-refractivity contribution in [3.8, 4) is 0 Å². The molecule has 0 bridgehead atoms. The summed E-state index contributed by atoms with van der Waals surface area (Å²) < 4.78 is 14.2. The second-order valence-corrected chi connectivity index (χ2v) is 6.36. The molecule has 1 unspecified atom stereocenters. The maximum atomic E-state index is 14.2. The summed E-state index contributed by atoms with van der Waals surface area (Å²) >= 11 is 1.44. The van der Waals surface area contributed by atoms with Crippen LogP contribution in [0.15, 0.2) is 29.7 Å². The van der Waals surface area contributed by atoms with E-state index in [2.05, 4.69) is 0 Å². The minimum absolute atomic E-state index is 0.00515. The van der Waals surface area contributed by atoms with Gasteiger partial charge in [-0.2, -0.15) is 0 Å². The van der Waals surface area contributed by atoms with Gasteiger partial charge in [-0.3, -0.25) is 4.79 Å². The zero-order valence-corrected chi connectivity index (χ0v) is 13.0. The minimum Gasteiger partial charge on any atom is -0.344 e. The van der Waals surface area contributed by atoms with Crippen LogP contribution in [0.4, 0.5) is 4.39 Å². The van der Waals surface area contributed by atoms with Crippen molar-refractivity contribution < 1.29 is 9.18 Å². The first-order valence-electron chi connectivity index (χ1n) is 6.77. The number of benzene rings is 1. The molecule has 0 radical (unpaired) electrons. The Kier molecular flexibility index (Phi) is 3.41. The fourth-order valence-electron chi connectivity index (χ4n) is 2.67. The van der Waals surface area contributed by atoms with E-state index in [0.29, 0.717) is 11.1 Å². The predicted molar refractivity (Wildman–Crippen MR) is 84.4 cm³/mol. The second kappa shape index (κ2) is 5.11. The number of aryl methyl sites for hydroxylation is 1. The molecule has 2 aromatic rings. The predicted octanol–water partition coefficient (Wildman–Crippen LogP) is 4.06. The molecule has 108 valence electrons. The molecule has 0 spiro atoms. The number of allylic oxidation sites excluding steroid dienone is 1. The van der Waals surface area contributed by atoms with Gasteiger partial charge in [0, 0.05) is 25.6 Å². The van der Waals surface area contributed by atoms with Crippen LogP contribution in [0.1, 0.15) is 37.8 Å². The molecule has 1 aliphatic rings. The molecule has 1 aliphatic carbocycles. The van der Waals surface area contributed by atoms with Crippen LogP contribution in [0, 0.1) is 12.7 Å². The molecule has 0 fully saturated rings. The topological polar surface area (TPSA) is 20.3 Å². The highest BCUT2D eigenvalue weighted by atomic mass is 32.1. The number of halogens is 1. The summed E-state index contributed by atoms with van der Waals surface area (Å²) in [6.45, 7) is 1.77. The molecule has 0 saturated carbocycles. The van der Waals surface area contributed by atoms with E-state index in [0.717, 1.165) is 16.0 Å². The van der Waals surface area contributed by atoms with Crippen LogP contribution >= 0.6 is 11.3 Å². The highest BCUT2D eigenvalue weighted by molar-refractivity contribution is 7.12. The number of amides is 1. The lowest BCUT2D eigenvalue weighted by Crippen LogP contribution is -2.22. The summed E-state index contributed by atoms with van der Waals surface area (Å²) in [4.78, 5) is 14.6. The van der Waals surface area contributed by atoms with Crippen molar-refractivity contribution >= 4 is 23.3 Å². The largest absolute Gasteiger partial charge is 0.344 e. The summed E-state index contributed by atoms with van der Waals surface area (Å²) in [7, 11) is 3.49. The third-order valence-electron chi connectivity index (χ3n) is 3.83. The number of thiophene rings is 1. The highest BCUT2D eigenvalue weighted by Gasteiger charge is 2.27. The van der Waals surface area contributed by atoms with Crippen molar-refractivity contribution in [2.75, 3.05) is 14.1 Å². The molecule has 21 heavy (non-hydrogen) atoms. The third kappa shape index (κ3) is 2.20. The lowest BCUT2D eigenvalue weighted by atomic mass is 9.92. The maximum absolute atomic E-state index is 14.2. The van der Waals surface area contributed by atoms with Crippen molar-refractivity contribution in [3.63, 3.8) is 0 Å². The summed E-state index contributed by atoms with van der Waals surface area (Å²) in [6.07, 6.45) is 3.80. The SMILES string of the molecule is Cc1ccc2c(c1F)C=CC2c1ccsc1C(=O)N(C)C. The van der Waals surface area contributed by atoms with Gasteiger partial charge < -0.3 is 4.90 Å². The van der Waals surface area contributed by atoms with E-state index in [9.17, 15) is 9.18 Å². The highest BCUT2D eigenvalue weighted by Crippen LogP contribution is 2.40. The molecule has 0 saturated heterocycles. The van der Waals surface area contributed by atoms with E-state index < -0.39 is 0 Å². The fourth-order valence-corrected chi connectivity index (χ4v) is 3.63. The number of hydrogen-bond acceptors (Lipinski definition) is 2. The van der Waals surface area contributed by atoms with Gasteiger partial charge in [0.25, 0.3) is 5.91 Å². The molecular weight excluding hydrogens is 285 g/mol. The molecule has 2 nitrogen and oxygen atoms in total. The Balaban J connectivity index is 2.07. The van der Waals surface area contributed by atoms with Crippen molar-refractivity contribution in [2.24, 2.45) is 0 Å². The second-order valence-electron chi connectivity index (χ2n) is 5.44. The lowest BCUT2D eigenvalue weighted by Gasteiger charge is -2.15. The molecule has 1 aromatic heterocycles. The van der Waals surface area contributed by atoms with E-state index in [1.54, 1.807) is 32.0 Å². The molecule has 1 atom stereocenters. The van der Waals surface area contributed by atoms with Gasteiger partial charge in [-0.25, -0.2) is 4.39 Å². The zero-order valence-electron chi connectivity index (χ0n) is 12.2. The minimum atomic E-state index is -0.165. The van der Waals surface area contributed by atoms with Gasteiger partial charge in [0.15, 0.2) is 0 Å². The summed E-state index contributed by atoms with van der Waals surface area (Å²) in [5.74, 6) is -0.211. The molecule has 0 aliphatic heterocycles. The molecule has 3 rings (SSSR count). The lowest BCUT2D eigenvalue weighted by molar-refractivity contribution is 0.0831. The summed E-state index contributed by atoms with van der Waals surface area (Å²) in [5, 5.41) is 1.92. The first-order valence-corrected chi connectivity index (χ1v) is 7.65. The van der Waals surface area contributed by atoms with Crippen molar-refractivity contribution in [3.05, 3.63) is 62.6 Å². The normalized spacial score (nSPS) is 16.1. The Bertz CT molecular complexity index is 745. The van der Waals surface area contributed by atoms with Gasteiger partial charge in [-0.15, -0.1) is 11.3 Å². The number of fused-ring (bicyclic) bond motifs is 1. The maximum Gasteiger partial charge on any atom is 0.263 e. The zero-order chi connectivity index (χ0) is 15.1. The van der Waals surface area contributed by atoms with Crippen LogP contribution < -0.4 is 0 Å². The summed E-state index contributed by atoms with van der Waals surface area (Å²) in [6, 6.07) is 5.72.